The second kappa shape index (κ2) is 7.91. The van der Waals surface area contributed by atoms with Gasteiger partial charge in [0.25, 0.3) is 0 Å². The van der Waals surface area contributed by atoms with Crippen molar-refractivity contribution in [2.45, 2.75) is 39.2 Å². The molecule has 2 aromatic rings. The number of fused-ring (bicyclic) bond motifs is 1. The molecular weight excluding hydrogens is 358 g/mol. The van der Waals surface area contributed by atoms with E-state index < -0.39 is 11.6 Å². The number of esters is 1. The summed E-state index contributed by atoms with van der Waals surface area (Å²) in [6, 6.07) is 4.66. The molecule has 1 saturated heterocycles. The van der Waals surface area contributed by atoms with E-state index in [0.29, 0.717) is 34.5 Å². The van der Waals surface area contributed by atoms with Crippen molar-refractivity contribution in [3.8, 4) is 0 Å². The molecule has 138 valence electrons. The van der Waals surface area contributed by atoms with Gasteiger partial charge in [0.2, 0.25) is 5.91 Å². The molecular formula is C19H20ClNO5. The molecule has 0 saturated carbocycles. The smallest absolute Gasteiger partial charge is 0.336 e. The minimum atomic E-state index is -0.520. The Bertz CT molecular complexity index is 905. The Morgan fingerprint density at radius 3 is 2.85 bits per heavy atom. The molecule has 26 heavy (non-hydrogen) atoms. The van der Waals surface area contributed by atoms with Crippen molar-refractivity contribution in [3.05, 3.63) is 44.8 Å². The first-order chi connectivity index (χ1) is 12.4. The lowest BCUT2D eigenvalue weighted by atomic mass is 10.1. The first kappa shape index (κ1) is 18.5. The second-order valence-corrected chi connectivity index (χ2v) is 6.88. The monoisotopic (exact) mass is 377 g/mol. The van der Waals surface area contributed by atoms with E-state index in [1.54, 1.807) is 12.1 Å². The molecule has 1 amide bonds. The number of nitrogens with zero attached hydrogens (tertiary/aromatic N) is 1. The van der Waals surface area contributed by atoms with Crippen LogP contribution in [-0.4, -0.2) is 29.9 Å². The number of carbonyl (C=O) groups excluding carboxylic acids is 2. The Kier molecular flexibility index (Phi) is 5.61. The van der Waals surface area contributed by atoms with Crippen LogP contribution in [0.3, 0.4) is 0 Å². The third kappa shape index (κ3) is 4.25. The van der Waals surface area contributed by atoms with Gasteiger partial charge in [0.1, 0.15) is 18.7 Å². The fourth-order valence-corrected chi connectivity index (χ4v) is 3.20. The summed E-state index contributed by atoms with van der Waals surface area (Å²) in [6.07, 6.45) is 3.20. The van der Waals surface area contributed by atoms with Gasteiger partial charge in [0.05, 0.1) is 0 Å². The molecule has 0 unspecified atom stereocenters. The van der Waals surface area contributed by atoms with Gasteiger partial charge in [-0.3, -0.25) is 9.59 Å². The molecule has 6 nitrogen and oxygen atoms in total. The Hall–Kier alpha value is -2.34. The minimum Gasteiger partial charge on any atom is -0.459 e. The lowest BCUT2D eigenvalue weighted by Gasteiger charge is -2.19. The van der Waals surface area contributed by atoms with Crippen LogP contribution in [0.5, 0.6) is 0 Å². The van der Waals surface area contributed by atoms with Crippen LogP contribution in [0.2, 0.25) is 5.02 Å². The average Bonchev–Trinajstić information content (AvgIpc) is 2.79. The highest BCUT2D eigenvalue weighted by Gasteiger charge is 2.20. The van der Waals surface area contributed by atoms with Gasteiger partial charge in [-0.05, 0) is 37.5 Å². The molecule has 1 fully saturated rings. The maximum Gasteiger partial charge on any atom is 0.336 e. The van der Waals surface area contributed by atoms with Crippen LogP contribution >= 0.6 is 11.6 Å². The quantitative estimate of drug-likeness (QED) is 0.604. The van der Waals surface area contributed by atoms with E-state index in [1.165, 1.54) is 11.0 Å². The highest BCUT2D eigenvalue weighted by Crippen LogP contribution is 2.25. The van der Waals surface area contributed by atoms with Gasteiger partial charge in [-0.1, -0.05) is 18.0 Å². The summed E-state index contributed by atoms with van der Waals surface area (Å²) >= 11 is 6.15. The van der Waals surface area contributed by atoms with E-state index in [0.717, 1.165) is 24.8 Å². The standard InChI is InChI=1S/C19H20ClNO5/c1-12-7-16-14(9-15(12)20)13(8-18(23)26-16)11-25-19(24)10-21-6-4-2-3-5-17(21)22/h7-9H,2-6,10-11H2,1H3. The molecule has 0 spiro atoms. The van der Waals surface area contributed by atoms with Crippen molar-refractivity contribution in [2.75, 3.05) is 13.1 Å². The van der Waals surface area contributed by atoms with Crippen LogP contribution < -0.4 is 5.63 Å². The van der Waals surface area contributed by atoms with Crippen molar-refractivity contribution in [2.24, 2.45) is 0 Å². The zero-order valence-corrected chi connectivity index (χ0v) is 15.3. The van der Waals surface area contributed by atoms with Crippen molar-refractivity contribution >= 4 is 34.4 Å². The van der Waals surface area contributed by atoms with Crippen LogP contribution in [-0.2, 0) is 20.9 Å². The van der Waals surface area contributed by atoms with Gasteiger partial charge in [0, 0.05) is 35.0 Å². The summed E-state index contributed by atoms with van der Waals surface area (Å²) < 4.78 is 10.5. The summed E-state index contributed by atoms with van der Waals surface area (Å²) in [5, 5.41) is 1.16. The molecule has 2 heterocycles. The number of hydrogen-bond donors (Lipinski definition) is 0. The highest BCUT2D eigenvalue weighted by atomic mass is 35.5. The topological polar surface area (TPSA) is 76.8 Å². The number of carbonyl (C=O) groups is 2. The molecule has 1 aliphatic rings. The molecule has 0 atom stereocenters. The molecule has 0 aliphatic carbocycles. The summed E-state index contributed by atoms with van der Waals surface area (Å²) in [6.45, 7) is 2.23. The van der Waals surface area contributed by atoms with Gasteiger partial charge >= 0.3 is 11.6 Å². The number of likely N-dealkylation sites (tertiary alicyclic amines) is 1. The minimum absolute atomic E-state index is 0.0208. The van der Waals surface area contributed by atoms with E-state index in [9.17, 15) is 14.4 Å². The van der Waals surface area contributed by atoms with Crippen molar-refractivity contribution < 1.29 is 18.7 Å². The molecule has 0 radical (unpaired) electrons. The second-order valence-electron chi connectivity index (χ2n) is 6.47. The molecule has 1 aromatic carbocycles. The van der Waals surface area contributed by atoms with Crippen molar-refractivity contribution in [3.63, 3.8) is 0 Å². The predicted molar refractivity (Wildman–Crippen MR) is 97.1 cm³/mol. The summed E-state index contributed by atoms with van der Waals surface area (Å²) in [5.41, 5.74) is 1.19. The lowest BCUT2D eigenvalue weighted by Crippen LogP contribution is -2.35. The van der Waals surface area contributed by atoms with E-state index in [1.807, 2.05) is 6.92 Å². The van der Waals surface area contributed by atoms with E-state index in [2.05, 4.69) is 0 Å². The third-order valence-electron chi connectivity index (χ3n) is 4.49. The normalized spacial score (nSPS) is 15.2. The number of hydrogen-bond acceptors (Lipinski definition) is 5. The van der Waals surface area contributed by atoms with Crippen molar-refractivity contribution in [1.82, 2.24) is 4.90 Å². The number of aryl methyl sites for hydroxylation is 1. The van der Waals surface area contributed by atoms with Gasteiger partial charge in [0.15, 0.2) is 0 Å². The molecule has 3 rings (SSSR count). The first-order valence-corrected chi connectivity index (χ1v) is 8.98. The number of rotatable bonds is 4. The maximum absolute atomic E-state index is 12.1. The van der Waals surface area contributed by atoms with Crippen LogP contribution in [0.25, 0.3) is 11.0 Å². The summed E-state index contributed by atoms with van der Waals surface area (Å²) in [4.78, 5) is 37.4. The SMILES string of the molecule is Cc1cc2oc(=O)cc(COC(=O)CN3CCCCCC3=O)c2cc1Cl. The zero-order chi connectivity index (χ0) is 18.7. The van der Waals surface area contributed by atoms with Gasteiger partial charge in [-0.25, -0.2) is 4.79 Å². The molecule has 7 heteroatoms. The highest BCUT2D eigenvalue weighted by molar-refractivity contribution is 6.32. The fraction of sp³-hybridized carbons (Fsp3) is 0.421. The van der Waals surface area contributed by atoms with E-state index in [4.69, 9.17) is 20.8 Å². The summed E-state index contributed by atoms with van der Waals surface area (Å²) in [5.74, 6) is -0.521. The number of benzene rings is 1. The molecule has 1 aliphatic heterocycles. The number of ether oxygens (including phenoxy) is 1. The lowest BCUT2D eigenvalue weighted by molar-refractivity contribution is -0.150. The number of amides is 1. The third-order valence-corrected chi connectivity index (χ3v) is 4.90. The Morgan fingerprint density at radius 2 is 2.04 bits per heavy atom. The Labute approximate surface area is 155 Å². The Morgan fingerprint density at radius 1 is 1.23 bits per heavy atom. The molecule has 1 aromatic heterocycles. The number of halogens is 1. The molecule has 0 bridgehead atoms. The fourth-order valence-electron chi connectivity index (χ4n) is 3.03. The first-order valence-electron chi connectivity index (χ1n) is 8.60. The van der Waals surface area contributed by atoms with Crippen LogP contribution in [0.15, 0.2) is 27.4 Å². The van der Waals surface area contributed by atoms with E-state index in [-0.39, 0.29) is 19.1 Å². The van der Waals surface area contributed by atoms with Gasteiger partial charge < -0.3 is 14.1 Å². The van der Waals surface area contributed by atoms with Crippen LogP contribution in [0.4, 0.5) is 0 Å². The average molecular weight is 378 g/mol. The van der Waals surface area contributed by atoms with Crippen LogP contribution in [0, 0.1) is 6.92 Å². The predicted octanol–water partition coefficient (Wildman–Crippen LogP) is 3.20. The van der Waals surface area contributed by atoms with E-state index >= 15 is 0 Å². The van der Waals surface area contributed by atoms with Gasteiger partial charge in [-0.15, -0.1) is 0 Å². The van der Waals surface area contributed by atoms with Gasteiger partial charge in [-0.2, -0.15) is 0 Å². The molecule has 0 N–H and O–H groups in total. The largest absolute Gasteiger partial charge is 0.459 e. The van der Waals surface area contributed by atoms with Crippen molar-refractivity contribution in [1.29, 1.82) is 0 Å². The maximum atomic E-state index is 12.1. The Balaban J connectivity index is 1.73. The zero-order valence-electron chi connectivity index (χ0n) is 14.5. The summed E-state index contributed by atoms with van der Waals surface area (Å²) in [7, 11) is 0. The van der Waals surface area contributed by atoms with Crippen LogP contribution in [0.1, 0.15) is 36.8 Å².